The molecule has 1 saturated carbocycles. The minimum absolute atomic E-state index is 0.0719. The summed E-state index contributed by atoms with van der Waals surface area (Å²) in [6, 6.07) is 0. The molecule has 0 spiro atoms. The molecule has 0 heterocycles. The number of hydrogen-bond acceptors (Lipinski definition) is 1. The average Bonchev–Trinajstić information content (AvgIpc) is 2.01. The fourth-order valence-corrected chi connectivity index (χ4v) is 1.23. The highest BCUT2D eigenvalue weighted by Gasteiger charge is 2.09. The molecule has 0 atom stereocenters. The van der Waals surface area contributed by atoms with E-state index < -0.39 is 0 Å². The van der Waals surface area contributed by atoms with Crippen LogP contribution in [0.1, 0.15) is 39.5 Å². The quantitative estimate of drug-likeness (QED) is 0.708. The van der Waals surface area contributed by atoms with Gasteiger partial charge in [0.1, 0.15) is 0 Å². The minimum Gasteiger partial charge on any atom is -0.333 e. The van der Waals surface area contributed by atoms with E-state index >= 15 is 0 Å². The highest BCUT2D eigenvalue weighted by molar-refractivity contribution is 5.76. The molecule has 2 nitrogen and oxygen atoms in total. The maximum Gasteiger partial charge on any atom is 0.223 e. The van der Waals surface area contributed by atoms with Crippen LogP contribution in [0.4, 0.5) is 0 Å². The summed E-state index contributed by atoms with van der Waals surface area (Å²) in [5.74, 6) is 0.0719. The Morgan fingerprint density at radius 1 is 1.54 bits per heavy atom. The van der Waals surface area contributed by atoms with Gasteiger partial charge in [-0.15, -0.1) is 0 Å². The SMILES string of the molecule is CCC(=O)N/C=C\C(C)=C1CCC1. The molecule has 0 aromatic rings. The first-order chi connectivity index (χ1) is 6.24. The molecule has 72 valence electrons. The normalized spacial score (nSPS) is 15.7. The van der Waals surface area contributed by atoms with Gasteiger partial charge >= 0.3 is 0 Å². The molecule has 1 aliphatic rings. The number of carbonyl (C=O) groups excluding carboxylic acids is 1. The van der Waals surface area contributed by atoms with E-state index in [1.54, 1.807) is 6.20 Å². The lowest BCUT2D eigenvalue weighted by Gasteiger charge is -2.18. The van der Waals surface area contributed by atoms with Crippen LogP contribution in [0, 0.1) is 0 Å². The molecule has 0 unspecified atom stereocenters. The summed E-state index contributed by atoms with van der Waals surface area (Å²) in [4.78, 5) is 10.9. The van der Waals surface area contributed by atoms with Gasteiger partial charge in [0.05, 0.1) is 0 Å². The standard InChI is InChI=1S/C11H17NO/c1-3-11(13)12-8-7-9(2)10-5-4-6-10/h7-8H,3-6H2,1-2H3,(H,12,13)/b8-7-. The van der Waals surface area contributed by atoms with Gasteiger partial charge in [-0.2, -0.15) is 0 Å². The van der Waals surface area contributed by atoms with Crippen LogP contribution in [-0.2, 0) is 4.79 Å². The van der Waals surface area contributed by atoms with Gasteiger partial charge in [-0.1, -0.05) is 18.1 Å². The molecule has 0 saturated heterocycles. The second-order valence-electron chi connectivity index (χ2n) is 3.39. The van der Waals surface area contributed by atoms with E-state index in [0.717, 1.165) is 0 Å². The van der Waals surface area contributed by atoms with E-state index in [-0.39, 0.29) is 5.91 Å². The molecule has 13 heavy (non-hydrogen) atoms. The Balaban J connectivity index is 2.35. The Morgan fingerprint density at radius 3 is 2.69 bits per heavy atom. The van der Waals surface area contributed by atoms with Crippen LogP contribution < -0.4 is 5.32 Å². The summed E-state index contributed by atoms with van der Waals surface area (Å²) in [5.41, 5.74) is 2.84. The molecule has 0 radical (unpaired) electrons. The van der Waals surface area contributed by atoms with Crippen molar-refractivity contribution in [2.24, 2.45) is 0 Å². The second kappa shape index (κ2) is 4.85. The monoisotopic (exact) mass is 179 g/mol. The lowest BCUT2D eigenvalue weighted by molar-refractivity contribution is -0.119. The van der Waals surface area contributed by atoms with E-state index in [9.17, 15) is 4.79 Å². The molecule has 1 fully saturated rings. The third-order valence-electron chi connectivity index (χ3n) is 2.41. The molecular weight excluding hydrogens is 162 g/mol. The zero-order valence-corrected chi connectivity index (χ0v) is 8.39. The van der Waals surface area contributed by atoms with Crippen molar-refractivity contribution in [1.29, 1.82) is 0 Å². The van der Waals surface area contributed by atoms with Crippen molar-refractivity contribution >= 4 is 5.91 Å². The average molecular weight is 179 g/mol. The molecule has 1 N–H and O–H groups in total. The van der Waals surface area contributed by atoms with E-state index in [2.05, 4.69) is 12.2 Å². The largest absolute Gasteiger partial charge is 0.333 e. The van der Waals surface area contributed by atoms with Gasteiger partial charge in [0, 0.05) is 12.6 Å². The molecular formula is C11H17NO. The van der Waals surface area contributed by atoms with Crippen LogP contribution in [0.5, 0.6) is 0 Å². The summed E-state index contributed by atoms with van der Waals surface area (Å²) in [6.45, 7) is 3.95. The fraction of sp³-hybridized carbons (Fsp3) is 0.545. The summed E-state index contributed by atoms with van der Waals surface area (Å²) >= 11 is 0. The summed E-state index contributed by atoms with van der Waals surface area (Å²) in [5, 5.41) is 2.71. The predicted octanol–water partition coefficient (Wildman–Crippen LogP) is 2.53. The number of rotatable bonds is 3. The van der Waals surface area contributed by atoms with E-state index in [1.807, 2.05) is 13.0 Å². The Hall–Kier alpha value is -1.05. The highest BCUT2D eigenvalue weighted by atomic mass is 16.1. The number of nitrogens with one attached hydrogen (secondary N) is 1. The van der Waals surface area contributed by atoms with Crippen LogP contribution in [0.25, 0.3) is 0 Å². The predicted molar refractivity (Wildman–Crippen MR) is 54.1 cm³/mol. The lowest BCUT2D eigenvalue weighted by atomic mass is 9.88. The Kier molecular flexibility index (Phi) is 3.74. The molecule has 2 heteroatoms. The third-order valence-corrected chi connectivity index (χ3v) is 2.41. The first kappa shape index (κ1) is 10.0. The lowest BCUT2D eigenvalue weighted by Crippen LogP contribution is -2.14. The van der Waals surface area contributed by atoms with Crippen molar-refractivity contribution in [3.05, 3.63) is 23.4 Å². The topological polar surface area (TPSA) is 29.1 Å². The third kappa shape index (κ3) is 3.05. The van der Waals surface area contributed by atoms with Crippen molar-refractivity contribution in [3.8, 4) is 0 Å². The van der Waals surface area contributed by atoms with E-state index in [4.69, 9.17) is 0 Å². The van der Waals surface area contributed by atoms with Crippen molar-refractivity contribution in [2.45, 2.75) is 39.5 Å². The molecule has 0 aromatic heterocycles. The number of carbonyl (C=O) groups is 1. The first-order valence-corrected chi connectivity index (χ1v) is 4.88. The van der Waals surface area contributed by atoms with Gasteiger partial charge in [-0.05, 0) is 32.3 Å². The van der Waals surface area contributed by atoms with Crippen molar-refractivity contribution < 1.29 is 4.79 Å². The van der Waals surface area contributed by atoms with E-state index in [0.29, 0.717) is 6.42 Å². The first-order valence-electron chi connectivity index (χ1n) is 4.88. The van der Waals surface area contributed by atoms with Crippen LogP contribution in [0.2, 0.25) is 0 Å². The van der Waals surface area contributed by atoms with Crippen LogP contribution in [-0.4, -0.2) is 5.91 Å². The van der Waals surface area contributed by atoms with Gasteiger partial charge in [-0.25, -0.2) is 0 Å². The molecule has 0 aromatic carbocycles. The zero-order valence-electron chi connectivity index (χ0n) is 8.39. The number of hydrogen-bond donors (Lipinski definition) is 1. The molecule has 1 amide bonds. The molecule has 1 aliphatic carbocycles. The van der Waals surface area contributed by atoms with Crippen LogP contribution in [0.15, 0.2) is 23.4 Å². The minimum atomic E-state index is 0.0719. The summed E-state index contributed by atoms with van der Waals surface area (Å²) in [7, 11) is 0. The second-order valence-corrected chi connectivity index (χ2v) is 3.39. The Labute approximate surface area is 79.7 Å². The maximum atomic E-state index is 10.9. The van der Waals surface area contributed by atoms with Gasteiger partial charge in [0.25, 0.3) is 0 Å². The van der Waals surface area contributed by atoms with E-state index in [1.165, 1.54) is 30.4 Å². The molecule has 0 bridgehead atoms. The van der Waals surface area contributed by atoms with Crippen molar-refractivity contribution in [3.63, 3.8) is 0 Å². The van der Waals surface area contributed by atoms with Crippen molar-refractivity contribution in [2.75, 3.05) is 0 Å². The van der Waals surface area contributed by atoms with Gasteiger partial charge in [0.2, 0.25) is 5.91 Å². The Bertz CT molecular complexity index is 245. The van der Waals surface area contributed by atoms with Crippen molar-refractivity contribution in [1.82, 2.24) is 5.32 Å². The maximum absolute atomic E-state index is 10.9. The number of amides is 1. The van der Waals surface area contributed by atoms with Crippen LogP contribution in [0.3, 0.4) is 0 Å². The Morgan fingerprint density at radius 2 is 2.23 bits per heavy atom. The smallest absolute Gasteiger partial charge is 0.223 e. The van der Waals surface area contributed by atoms with Gasteiger partial charge < -0.3 is 5.32 Å². The fourth-order valence-electron chi connectivity index (χ4n) is 1.23. The summed E-state index contributed by atoms with van der Waals surface area (Å²) < 4.78 is 0. The highest BCUT2D eigenvalue weighted by Crippen LogP contribution is 2.28. The molecule has 1 rings (SSSR count). The summed E-state index contributed by atoms with van der Waals surface area (Å²) in [6.07, 6.45) is 8.06. The van der Waals surface area contributed by atoms with Gasteiger partial charge in [0.15, 0.2) is 0 Å². The number of allylic oxidation sites excluding steroid dienone is 3. The van der Waals surface area contributed by atoms with Crippen LogP contribution >= 0.6 is 0 Å². The van der Waals surface area contributed by atoms with Gasteiger partial charge in [-0.3, -0.25) is 4.79 Å². The zero-order chi connectivity index (χ0) is 9.68. The molecule has 0 aliphatic heterocycles.